The fourth-order valence-electron chi connectivity index (χ4n) is 5.19. The number of rotatable bonds is 12. The molecule has 2 aliphatic heterocycles. The van der Waals surface area contributed by atoms with Gasteiger partial charge >= 0.3 is 12.2 Å². The first-order valence-corrected chi connectivity index (χ1v) is 13.9. The second kappa shape index (κ2) is 14.8. The van der Waals surface area contributed by atoms with Crippen molar-refractivity contribution in [1.29, 1.82) is 0 Å². The van der Waals surface area contributed by atoms with Crippen molar-refractivity contribution in [2.75, 3.05) is 20.3 Å². The number of methoxy groups -OCH3 is 1. The number of hydrogen-bond acceptors (Lipinski definition) is 8. The predicted molar refractivity (Wildman–Crippen MR) is 149 cm³/mol. The molecule has 41 heavy (non-hydrogen) atoms. The number of hydrogen-bond donors (Lipinski definition) is 4. The summed E-state index contributed by atoms with van der Waals surface area (Å²) in [5, 5.41) is 19.7. The summed E-state index contributed by atoms with van der Waals surface area (Å²) in [7, 11) is 1.21. The van der Waals surface area contributed by atoms with E-state index in [0.29, 0.717) is 19.4 Å². The van der Waals surface area contributed by atoms with Crippen molar-refractivity contribution in [2.45, 2.75) is 69.2 Å². The maximum Gasteiger partial charge on any atom is 0.407 e. The van der Waals surface area contributed by atoms with E-state index in [-0.39, 0.29) is 25.2 Å². The lowest BCUT2D eigenvalue weighted by atomic mass is 9.93. The minimum atomic E-state index is -1.04. The summed E-state index contributed by atoms with van der Waals surface area (Å²) in [5.74, 6) is -0.470. The Hall–Kier alpha value is -3.67. The van der Waals surface area contributed by atoms with Gasteiger partial charge in [0, 0.05) is 6.04 Å². The Labute approximate surface area is 239 Å². The van der Waals surface area contributed by atoms with E-state index in [1.807, 2.05) is 60.7 Å². The average molecular weight is 570 g/mol. The largest absolute Gasteiger partial charge is 0.453 e. The number of carbonyl (C=O) groups is 3. The highest BCUT2D eigenvalue weighted by Gasteiger charge is 2.44. The van der Waals surface area contributed by atoms with Crippen LogP contribution in [0.2, 0.25) is 0 Å². The molecule has 0 radical (unpaired) electrons. The Bertz CT molecular complexity index is 1140. The molecule has 0 bridgehead atoms. The molecule has 0 aliphatic carbocycles. The fraction of sp³-hybridized carbons (Fsp3) is 0.500. The van der Waals surface area contributed by atoms with Crippen LogP contribution in [0.3, 0.4) is 0 Å². The molecule has 2 aliphatic rings. The highest BCUT2D eigenvalue weighted by Crippen LogP contribution is 2.33. The van der Waals surface area contributed by atoms with Gasteiger partial charge in [-0.3, -0.25) is 4.79 Å². The van der Waals surface area contributed by atoms with Crippen LogP contribution >= 0.6 is 0 Å². The number of nitrogens with one attached hydrogen (secondary N) is 3. The van der Waals surface area contributed by atoms with Gasteiger partial charge in [0.2, 0.25) is 5.91 Å². The Morgan fingerprint density at radius 3 is 2.24 bits per heavy atom. The third kappa shape index (κ3) is 8.91. The van der Waals surface area contributed by atoms with Crippen LogP contribution in [0.1, 0.15) is 30.9 Å². The minimum absolute atomic E-state index is 0.00460. The molecule has 0 spiro atoms. The van der Waals surface area contributed by atoms with E-state index in [4.69, 9.17) is 14.2 Å². The third-order valence-electron chi connectivity index (χ3n) is 7.42. The van der Waals surface area contributed by atoms with E-state index in [1.165, 1.54) is 14.0 Å². The van der Waals surface area contributed by atoms with Gasteiger partial charge in [-0.2, -0.15) is 0 Å². The molecular weight excluding hydrogens is 530 g/mol. The molecule has 2 aromatic rings. The monoisotopic (exact) mass is 569 g/mol. The molecule has 0 saturated carbocycles. The minimum Gasteiger partial charge on any atom is -0.453 e. The number of amides is 3. The van der Waals surface area contributed by atoms with Crippen molar-refractivity contribution in [1.82, 2.24) is 16.0 Å². The Morgan fingerprint density at radius 2 is 1.59 bits per heavy atom. The van der Waals surface area contributed by atoms with Gasteiger partial charge in [-0.15, -0.1) is 0 Å². The zero-order chi connectivity index (χ0) is 29.2. The van der Waals surface area contributed by atoms with Crippen LogP contribution in [0.4, 0.5) is 9.59 Å². The maximum atomic E-state index is 13.0. The normalized spacial score (nSPS) is 22.5. The maximum absolute atomic E-state index is 13.0. The van der Waals surface area contributed by atoms with Gasteiger partial charge in [0.25, 0.3) is 0 Å². The quantitative estimate of drug-likeness (QED) is 0.305. The zero-order valence-corrected chi connectivity index (χ0v) is 23.4. The van der Waals surface area contributed by atoms with Crippen LogP contribution in [0.5, 0.6) is 0 Å². The number of carbonyl (C=O) groups excluding carboxylic acids is 3. The van der Waals surface area contributed by atoms with Crippen molar-refractivity contribution in [3.63, 3.8) is 0 Å². The Balaban J connectivity index is 1.45. The van der Waals surface area contributed by atoms with Gasteiger partial charge in [-0.25, -0.2) is 9.59 Å². The number of benzene rings is 2. The first-order chi connectivity index (χ1) is 19.8. The molecule has 7 atom stereocenters. The second-order valence-electron chi connectivity index (χ2n) is 10.5. The van der Waals surface area contributed by atoms with Crippen LogP contribution in [-0.4, -0.2) is 80.1 Å². The molecule has 0 aromatic heterocycles. The number of fused-ring (bicyclic) bond motifs is 1. The van der Waals surface area contributed by atoms with Gasteiger partial charge in [-0.05, 0) is 43.7 Å². The summed E-state index contributed by atoms with van der Waals surface area (Å²) in [5.41, 5.74) is 1.88. The molecule has 222 valence electrons. The number of aliphatic hydroxyl groups excluding tert-OH is 1. The summed E-state index contributed by atoms with van der Waals surface area (Å²) in [6.45, 7) is 2.38. The fourth-order valence-corrected chi connectivity index (χ4v) is 5.19. The molecule has 4 N–H and O–H groups in total. The molecule has 11 heteroatoms. The Kier molecular flexibility index (Phi) is 10.9. The van der Waals surface area contributed by atoms with Crippen molar-refractivity contribution in [2.24, 2.45) is 5.92 Å². The van der Waals surface area contributed by atoms with E-state index in [2.05, 4.69) is 20.7 Å². The standard InChI is InChI=1S/C30H39N3O8/c1-19(31-29(36)38-2)27(35)33-24(16-21-11-7-4-8-12-21)25(34)17-22(15-20-9-5-3-6-10-20)32-30(37)41-26-18-40-28-23(26)13-14-39-28/h3-12,19,22-26,28,34H,13-18H2,1-2H3,(H,31,36)(H,32,37)(H,33,35)/t19-,22-,23-,24-,25-,26-,28+/m0/s1. The molecule has 2 heterocycles. The third-order valence-corrected chi connectivity index (χ3v) is 7.42. The summed E-state index contributed by atoms with van der Waals surface area (Å²) >= 11 is 0. The van der Waals surface area contributed by atoms with Gasteiger partial charge in [0.05, 0.1) is 38.4 Å². The first-order valence-electron chi connectivity index (χ1n) is 13.9. The van der Waals surface area contributed by atoms with Crippen molar-refractivity contribution >= 4 is 18.1 Å². The Morgan fingerprint density at radius 1 is 0.927 bits per heavy atom. The number of alkyl carbamates (subject to hydrolysis) is 2. The molecule has 4 rings (SSSR count). The highest BCUT2D eigenvalue weighted by molar-refractivity contribution is 5.85. The second-order valence-corrected chi connectivity index (χ2v) is 10.5. The van der Waals surface area contributed by atoms with Crippen LogP contribution in [-0.2, 0) is 36.6 Å². The van der Waals surface area contributed by atoms with E-state index < -0.39 is 48.4 Å². The average Bonchev–Trinajstić information content (AvgIpc) is 3.58. The van der Waals surface area contributed by atoms with Gasteiger partial charge in [0.15, 0.2) is 6.29 Å². The van der Waals surface area contributed by atoms with Crippen LogP contribution in [0.15, 0.2) is 60.7 Å². The molecular formula is C30H39N3O8. The molecule has 2 aromatic carbocycles. The van der Waals surface area contributed by atoms with Gasteiger partial charge in [0.1, 0.15) is 12.1 Å². The van der Waals surface area contributed by atoms with Crippen LogP contribution in [0, 0.1) is 5.92 Å². The predicted octanol–water partition coefficient (Wildman–Crippen LogP) is 2.31. The van der Waals surface area contributed by atoms with Crippen molar-refractivity contribution in [3.05, 3.63) is 71.8 Å². The molecule has 3 amide bonds. The SMILES string of the molecule is COC(=O)N[C@@H](C)C(=O)N[C@@H](Cc1ccccc1)[C@@H](O)C[C@H](Cc1ccccc1)NC(=O)O[C@H]1CO[C@H]2OCC[C@H]21. The topological polar surface area (TPSA) is 144 Å². The van der Waals surface area contributed by atoms with Gasteiger partial charge < -0.3 is 40.0 Å². The van der Waals surface area contributed by atoms with Gasteiger partial charge in [-0.1, -0.05) is 60.7 Å². The molecule has 2 saturated heterocycles. The van der Waals surface area contributed by atoms with E-state index in [1.54, 1.807) is 0 Å². The number of aliphatic hydroxyl groups is 1. The summed E-state index contributed by atoms with van der Waals surface area (Å²) in [6, 6.07) is 17.0. The van der Waals surface area contributed by atoms with E-state index in [0.717, 1.165) is 17.5 Å². The van der Waals surface area contributed by atoms with Crippen molar-refractivity contribution in [3.8, 4) is 0 Å². The lowest BCUT2D eigenvalue weighted by Crippen LogP contribution is -2.53. The summed E-state index contributed by atoms with van der Waals surface area (Å²) in [4.78, 5) is 37.5. The molecule has 11 nitrogen and oxygen atoms in total. The summed E-state index contributed by atoms with van der Waals surface area (Å²) < 4.78 is 21.4. The van der Waals surface area contributed by atoms with Crippen LogP contribution in [0.25, 0.3) is 0 Å². The lowest BCUT2D eigenvalue weighted by Gasteiger charge is -2.29. The summed E-state index contributed by atoms with van der Waals surface area (Å²) in [6.07, 6.45) is -1.44. The molecule has 0 unspecified atom stereocenters. The van der Waals surface area contributed by atoms with Crippen molar-refractivity contribution < 1.29 is 38.4 Å². The van der Waals surface area contributed by atoms with Crippen LogP contribution < -0.4 is 16.0 Å². The lowest BCUT2D eigenvalue weighted by molar-refractivity contribution is -0.124. The zero-order valence-electron chi connectivity index (χ0n) is 23.4. The van der Waals surface area contributed by atoms with E-state index in [9.17, 15) is 19.5 Å². The highest BCUT2D eigenvalue weighted by atomic mass is 16.7. The first kappa shape index (κ1) is 30.3. The molecule has 2 fully saturated rings. The smallest absolute Gasteiger partial charge is 0.407 e. The number of ether oxygens (including phenoxy) is 4. The van der Waals surface area contributed by atoms with E-state index >= 15 is 0 Å².